The van der Waals surface area contributed by atoms with Crippen LogP contribution in [0.25, 0.3) is 0 Å². The summed E-state index contributed by atoms with van der Waals surface area (Å²) in [5.41, 5.74) is 23.2. The topological polar surface area (TPSA) is 149 Å². The minimum absolute atomic E-state index is 0.316. The number of hydrogen-bond acceptors (Lipinski definition) is 8. The predicted octanol–water partition coefficient (Wildman–Crippen LogP) is -1.15. The molecule has 1 heterocycles. The fourth-order valence-corrected chi connectivity index (χ4v) is 1.57. The van der Waals surface area contributed by atoms with Crippen molar-refractivity contribution in [2.45, 2.75) is 6.92 Å². The maximum atomic E-state index is 5.81. The third-order valence-corrected chi connectivity index (χ3v) is 2.54. The summed E-state index contributed by atoms with van der Waals surface area (Å²) in [6.07, 6.45) is 0. The smallest absolute Gasteiger partial charge is 0.123 e. The molecule has 0 bridgehead atoms. The largest absolute Gasteiger partial charge is 0.397 e. The Kier molecular flexibility index (Phi) is 1.80. The molecule has 0 fully saturated rings. The van der Waals surface area contributed by atoms with Gasteiger partial charge in [0.2, 0.25) is 0 Å². The van der Waals surface area contributed by atoms with Crippen molar-refractivity contribution in [3.05, 3.63) is 5.56 Å². The van der Waals surface area contributed by atoms with Crippen molar-refractivity contribution >= 4 is 28.4 Å². The van der Waals surface area contributed by atoms with Crippen LogP contribution in [-0.2, 0) is 0 Å². The van der Waals surface area contributed by atoms with Gasteiger partial charge in [0.1, 0.15) is 5.69 Å². The lowest BCUT2D eigenvalue weighted by Gasteiger charge is -2.19. The summed E-state index contributed by atoms with van der Waals surface area (Å²) in [6.45, 7) is 1.81. The Balaban J connectivity index is 2.75. The Labute approximate surface area is 86.4 Å². The number of fused-ring (bicyclic) bond motifs is 1. The summed E-state index contributed by atoms with van der Waals surface area (Å²) in [7, 11) is 0. The molecule has 0 saturated carbocycles. The van der Waals surface area contributed by atoms with Crippen molar-refractivity contribution in [1.82, 2.24) is 5.23 Å². The minimum Gasteiger partial charge on any atom is -0.397 e. The lowest BCUT2D eigenvalue weighted by Crippen LogP contribution is -2.51. The molecule has 1 aliphatic rings. The van der Waals surface area contributed by atoms with E-state index in [4.69, 9.17) is 28.9 Å². The molecule has 0 atom stereocenters. The molecule has 0 radical (unpaired) electrons. The van der Waals surface area contributed by atoms with Gasteiger partial charge in [-0.3, -0.25) is 5.43 Å². The number of rotatable bonds is 0. The Hall–Kier alpha value is -1.90. The van der Waals surface area contributed by atoms with Crippen LogP contribution in [0.2, 0.25) is 0 Å². The van der Waals surface area contributed by atoms with Gasteiger partial charge >= 0.3 is 0 Å². The van der Waals surface area contributed by atoms with Crippen LogP contribution in [0.4, 0.5) is 28.4 Å². The first-order valence-electron chi connectivity index (χ1n) is 4.28. The van der Waals surface area contributed by atoms with Crippen LogP contribution in [0.5, 0.6) is 0 Å². The first kappa shape index (κ1) is 9.65. The monoisotopic (exact) mass is 210 g/mol. The average molecular weight is 210 g/mol. The molecule has 1 aliphatic heterocycles. The molecule has 8 nitrogen and oxygen atoms in total. The first-order chi connectivity index (χ1) is 6.95. The van der Waals surface area contributed by atoms with Crippen LogP contribution >= 0.6 is 0 Å². The molecule has 0 saturated heterocycles. The summed E-state index contributed by atoms with van der Waals surface area (Å²) < 4.78 is 0. The Bertz CT molecular complexity index is 428. The summed E-state index contributed by atoms with van der Waals surface area (Å²) in [5, 5.41) is 2.28. The number of benzene rings is 1. The van der Waals surface area contributed by atoms with Crippen LogP contribution in [0.1, 0.15) is 5.56 Å². The second-order valence-electron chi connectivity index (χ2n) is 3.39. The quantitative estimate of drug-likeness (QED) is 0.232. The number of nitrogens with one attached hydrogen (secondary N) is 1. The highest BCUT2D eigenvalue weighted by Crippen LogP contribution is 2.45. The summed E-state index contributed by atoms with van der Waals surface area (Å²) >= 11 is 0. The van der Waals surface area contributed by atoms with E-state index in [1.54, 1.807) is 0 Å². The zero-order valence-electron chi connectivity index (χ0n) is 8.28. The average Bonchev–Trinajstić information content (AvgIpc) is 2.50. The fraction of sp³-hybridized carbons (Fsp3) is 0.143. The van der Waals surface area contributed by atoms with E-state index in [1.165, 1.54) is 5.12 Å². The van der Waals surface area contributed by atoms with E-state index in [-0.39, 0.29) is 0 Å². The van der Waals surface area contributed by atoms with Crippen LogP contribution in [-0.4, -0.2) is 5.23 Å². The lowest BCUT2D eigenvalue weighted by atomic mass is 10.1. The maximum absolute atomic E-state index is 5.81. The van der Waals surface area contributed by atoms with Crippen molar-refractivity contribution in [3.63, 3.8) is 0 Å². The highest BCUT2D eigenvalue weighted by molar-refractivity contribution is 5.99. The first-order valence-corrected chi connectivity index (χ1v) is 4.28. The van der Waals surface area contributed by atoms with Gasteiger partial charge in [-0.05, 0) is 6.92 Å². The SMILES string of the molecule is Cc1c(N)c(N)c(N)c2c1NN(N)N2N. The number of anilines is 5. The van der Waals surface area contributed by atoms with E-state index in [0.717, 1.165) is 10.8 Å². The van der Waals surface area contributed by atoms with E-state index in [0.29, 0.717) is 28.4 Å². The van der Waals surface area contributed by atoms with E-state index < -0.39 is 0 Å². The van der Waals surface area contributed by atoms with Crippen molar-refractivity contribution < 1.29 is 0 Å². The molecule has 0 amide bonds. The molecule has 2 rings (SSSR count). The van der Waals surface area contributed by atoms with Crippen molar-refractivity contribution in [3.8, 4) is 0 Å². The minimum atomic E-state index is 0.316. The number of nitrogen functional groups attached to an aromatic ring is 3. The van der Waals surface area contributed by atoms with E-state index in [1.807, 2.05) is 6.92 Å². The molecule has 0 unspecified atom stereocenters. The summed E-state index contributed by atoms with van der Waals surface area (Å²) in [6, 6.07) is 0. The van der Waals surface area contributed by atoms with Gasteiger partial charge in [0.25, 0.3) is 0 Å². The molecule has 1 aromatic rings. The van der Waals surface area contributed by atoms with Gasteiger partial charge in [0.15, 0.2) is 0 Å². The van der Waals surface area contributed by atoms with Crippen molar-refractivity contribution in [1.29, 1.82) is 0 Å². The Morgan fingerprint density at radius 1 is 1.00 bits per heavy atom. The Morgan fingerprint density at radius 3 is 2.20 bits per heavy atom. The van der Waals surface area contributed by atoms with Crippen LogP contribution in [0, 0.1) is 6.92 Å². The van der Waals surface area contributed by atoms with E-state index in [2.05, 4.69) is 5.43 Å². The van der Waals surface area contributed by atoms with Gasteiger partial charge in [0.05, 0.1) is 22.7 Å². The molecule has 8 heteroatoms. The molecule has 0 spiro atoms. The number of nitrogens with zero attached hydrogens (tertiary/aromatic N) is 2. The standard InChI is InChI=1S/C7H14N8/c1-2-3(8)4(9)5(10)7-6(2)13-15(12)14(7)11/h13H,8-12H2,1H3. The number of hydrazine groups is 4. The van der Waals surface area contributed by atoms with Gasteiger partial charge in [-0.15, -0.1) is 0 Å². The molecule has 15 heavy (non-hydrogen) atoms. The van der Waals surface area contributed by atoms with Crippen LogP contribution < -0.4 is 39.4 Å². The highest BCUT2D eigenvalue weighted by Gasteiger charge is 2.29. The Morgan fingerprint density at radius 2 is 1.60 bits per heavy atom. The van der Waals surface area contributed by atoms with Gasteiger partial charge in [0, 0.05) is 5.56 Å². The third kappa shape index (κ3) is 1.06. The van der Waals surface area contributed by atoms with E-state index >= 15 is 0 Å². The molecule has 82 valence electrons. The van der Waals surface area contributed by atoms with Crippen LogP contribution in [0.15, 0.2) is 0 Å². The molecular formula is C7H14N8. The predicted molar refractivity (Wildman–Crippen MR) is 60.7 cm³/mol. The third-order valence-electron chi connectivity index (χ3n) is 2.54. The lowest BCUT2D eigenvalue weighted by molar-refractivity contribution is 0.333. The maximum Gasteiger partial charge on any atom is 0.123 e. The molecule has 1 aromatic carbocycles. The van der Waals surface area contributed by atoms with Crippen molar-refractivity contribution in [2.24, 2.45) is 11.7 Å². The molecule has 11 N–H and O–H groups in total. The highest BCUT2D eigenvalue weighted by atomic mass is 16.0. The van der Waals surface area contributed by atoms with E-state index in [9.17, 15) is 0 Å². The molecular weight excluding hydrogens is 196 g/mol. The number of hydrogen-bond donors (Lipinski definition) is 6. The zero-order chi connectivity index (χ0) is 11.3. The normalized spacial score (nSPS) is 15.3. The second-order valence-corrected chi connectivity index (χ2v) is 3.39. The van der Waals surface area contributed by atoms with Crippen molar-refractivity contribution in [2.75, 3.05) is 27.7 Å². The van der Waals surface area contributed by atoms with Gasteiger partial charge in [-0.2, -0.15) is 0 Å². The van der Waals surface area contributed by atoms with Gasteiger partial charge < -0.3 is 17.2 Å². The van der Waals surface area contributed by atoms with Gasteiger partial charge in [-0.1, -0.05) is 5.23 Å². The zero-order valence-corrected chi connectivity index (χ0v) is 8.28. The number of nitrogens with two attached hydrogens (primary N) is 5. The molecule has 0 aromatic heterocycles. The summed E-state index contributed by atoms with van der Waals surface area (Å²) in [4.78, 5) is 0. The second kappa shape index (κ2) is 2.79. The fourth-order valence-electron chi connectivity index (χ4n) is 1.57. The molecule has 0 aliphatic carbocycles. The van der Waals surface area contributed by atoms with Crippen LogP contribution in [0.3, 0.4) is 0 Å². The van der Waals surface area contributed by atoms with Gasteiger partial charge in [-0.25, -0.2) is 16.8 Å². The summed E-state index contributed by atoms with van der Waals surface area (Å²) in [5.74, 6) is 11.2.